The van der Waals surface area contributed by atoms with Gasteiger partial charge in [-0.25, -0.2) is 4.39 Å². The van der Waals surface area contributed by atoms with Crippen molar-refractivity contribution in [3.63, 3.8) is 0 Å². The summed E-state index contributed by atoms with van der Waals surface area (Å²) < 4.78 is 33.4. The minimum absolute atomic E-state index is 0.0286. The highest BCUT2D eigenvalue weighted by atomic mass is 32.1. The van der Waals surface area contributed by atoms with Gasteiger partial charge in [-0.2, -0.15) is 0 Å². The van der Waals surface area contributed by atoms with Gasteiger partial charge in [-0.05, 0) is 29.5 Å². The molecule has 2 aromatic heterocycles. The Hall–Kier alpha value is -3.70. The molecule has 4 rings (SSSR count). The molecule has 0 unspecified atom stereocenters. The van der Waals surface area contributed by atoms with Gasteiger partial charge >= 0.3 is 5.97 Å². The van der Waals surface area contributed by atoms with E-state index in [4.69, 9.17) is 19.3 Å². The minimum atomic E-state index is -1.04. The van der Waals surface area contributed by atoms with Crippen LogP contribution >= 0.6 is 22.7 Å². The average Bonchev–Trinajstić information content (AvgIpc) is 3.52. The molecule has 0 aliphatic rings. The molecule has 0 fully saturated rings. The van der Waals surface area contributed by atoms with E-state index in [2.05, 4.69) is 0 Å². The molecule has 2 heterocycles. The highest BCUT2D eigenvalue weighted by molar-refractivity contribution is 7.21. The number of Topliss-reactive ketones (excluding diaryl/α,β-unsaturated/α-hetero) is 2. The van der Waals surface area contributed by atoms with E-state index in [0.29, 0.717) is 42.8 Å². The maximum Gasteiger partial charge on any atom is 0.303 e. The topological polar surface area (TPSA) is 119 Å². The monoisotopic (exact) mass is 588 g/mol. The van der Waals surface area contributed by atoms with E-state index in [1.165, 1.54) is 35.8 Å². The summed E-state index contributed by atoms with van der Waals surface area (Å²) in [5, 5.41) is 20.1. The van der Waals surface area contributed by atoms with Crippen molar-refractivity contribution in [3.05, 3.63) is 45.9 Å². The number of ketones is 2. The lowest BCUT2D eigenvalue weighted by molar-refractivity contribution is -0.136. The Morgan fingerprint density at radius 3 is 2.30 bits per heavy atom. The van der Waals surface area contributed by atoms with Crippen molar-refractivity contribution in [1.82, 2.24) is 0 Å². The van der Waals surface area contributed by atoms with Gasteiger partial charge in [0, 0.05) is 46.2 Å². The Balaban J connectivity index is 1.38. The van der Waals surface area contributed by atoms with Gasteiger partial charge in [-0.15, -0.1) is 22.7 Å². The molecule has 8 nitrogen and oxygen atoms in total. The van der Waals surface area contributed by atoms with Crippen LogP contribution in [-0.2, 0) is 4.79 Å². The van der Waals surface area contributed by atoms with Crippen molar-refractivity contribution in [3.8, 4) is 23.0 Å². The van der Waals surface area contributed by atoms with Crippen LogP contribution in [0.4, 0.5) is 4.39 Å². The summed E-state index contributed by atoms with van der Waals surface area (Å²) >= 11 is 2.40. The first-order valence-corrected chi connectivity index (χ1v) is 14.3. The lowest BCUT2D eigenvalue weighted by Gasteiger charge is -2.13. The quantitative estimate of drug-likeness (QED) is 0.118. The summed E-state index contributed by atoms with van der Waals surface area (Å²) in [7, 11) is 1.42. The number of carbonyl (C=O) groups is 3. The molecular formula is C29H29FO8S2. The van der Waals surface area contributed by atoms with E-state index in [9.17, 15) is 19.5 Å². The van der Waals surface area contributed by atoms with Crippen molar-refractivity contribution in [2.24, 2.45) is 5.92 Å². The fourth-order valence-electron chi connectivity index (χ4n) is 4.06. The first-order chi connectivity index (χ1) is 19.1. The lowest BCUT2D eigenvalue weighted by atomic mass is 10.1. The maximum absolute atomic E-state index is 15.4. The molecule has 0 bridgehead atoms. The van der Waals surface area contributed by atoms with Crippen molar-refractivity contribution in [1.29, 1.82) is 0 Å². The predicted molar refractivity (Wildman–Crippen MR) is 152 cm³/mol. The molecule has 0 atom stereocenters. The summed E-state index contributed by atoms with van der Waals surface area (Å²) in [6.45, 7) is 4.17. The lowest BCUT2D eigenvalue weighted by Crippen LogP contribution is -2.07. The van der Waals surface area contributed by atoms with Gasteiger partial charge in [0.15, 0.2) is 40.4 Å². The number of hydrogen-bond donors (Lipinski definition) is 2. The zero-order valence-electron chi connectivity index (χ0n) is 22.2. The number of hydrogen-bond acceptors (Lipinski definition) is 9. The molecular weight excluding hydrogens is 559 g/mol. The van der Waals surface area contributed by atoms with Crippen molar-refractivity contribution >= 4 is 60.4 Å². The Labute approximate surface area is 237 Å². The molecule has 0 aliphatic carbocycles. The second-order valence-corrected chi connectivity index (χ2v) is 11.8. The number of methoxy groups -OCH3 is 1. The largest absolute Gasteiger partial charge is 0.504 e. The van der Waals surface area contributed by atoms with Gasteiger partial charge < -0.3 is 24.4 Å². The zero-order chi connectivity index (χ0) is 29.0. The third-order valence-electron chi connectivity index (χ3n) is 6.00. The molecule has 40 heavy (non-hydrogen) atoms. The standard InChI is InChI=1S/C29H29FO8S2/c1-15(2)9-20(33)26-12-17-24(40-26)14-22(36-3)29(28(17)30)38-8-4-7-37-21-10-16-11-25(18(31)5-6-27(34)35)39-23(16)13-19(21)32/h10-15,32H,4-9H2,1-3H3,(H,34,35). The van der Waals surface area contributed by atoms with E-state index in [-0.39, 0.29) is 66.5 Å². The fraction of sp³-hybridized carbons (Fsp3) is 0.345. The van der Waals surface area contributed by atoms with Crippen LogP contribution in [0.2, 0.25) is 0 Å². The van der Waals surface area contributed by atoms with Crippen LogP contribution in [-0.4, -0.2) is 48.1 Å². The van der Waals surface area contributed by atoms with Crippen LogP contribution in [0.5, 0.6) is 23.0 Å². The number of aliphatic carboxylic acids is 1. The number of phenolic OH excluding ortho intramolecular Hbond substituents is 1. The van der Waals surface area contributed by atoms with Crippen molar-refractivity contribution in [2.75, 3.05) is 20.3 Å². The summed E-state index contributed by atoms with van der Waals surface area (Å²) in [5.41, 5.74) is 0. The average molecular weight is 589 g/mol. The van der Waals surface area contributed by atoms with Gasteiger partial charge in [0.05, 0.1) is 36.5 Å². The molecule has 0 radical (unpaired) electrons. The maximum atomic E-state index is 15.4. The van der Waals surface area contributed by atoms with Crippen molar-refractivity contribution < 1.29 is 43.2 Å². The van der Waals surface area contributed by atoms with Crippen LogP contribution < -0.4 is 14.2 Å². The Kier molecular flexibility index (Phi) is 9.26. The van der Waals surface area contributed by atoms with Crippen LogP contribution in [0.25, 0.3) is 20.2 Å². The summed E-state index contributed by atoms with van der Waals surface area (Å²) in [6.07, 6.45) is 0.405. The number of phenols is 1. The summed E-state index contributed by atoms with van der Waals surface area (Å²) in [6, 6.07) is 7.98. The zero-order valence-corrected chi connectivity index (χ0v) is 23.9. The van der Waals surface area contributed by atoms with Gasteiger partial charge in [-0.1, -0.05) is 13.8 Å². The Bertz CT molecular complexity index is 1570. The number of benzene rings is 2. The molecule has 2 N–H and O–H groups in total. The highest BCUT2D eigenvalue weighted by Crippen LogP contribution is 2.41. The third kappa shape index (κ3) is 6.71. The number of aromatic hydroxyl groups is 1. The number of carboxylic acid groups (broad SMARTS) is 1. The molecule has 11 heteroatoms. The molecule has 0 spiro atoms. The fourth-order valence-corrected chi connectivity index (χ4v) is 6.14. The normalized spacial score (nSPS) is 11.3. The number of halogens is 1. The first-order valence-electron chi connectivity index (χ1n) is 12.7. The van der Waals surface area contributed by atoms with E-state index in [1.807, 2.05) is 13.8 Å². The van der Waals surface area contributed by atoms with E-state index in [1.54, 1.807) is 24.3 Å². The Morgan fingerprint density at radius 2 is 1.60 bits per heavy atom. The third-order valence-corrected chi connectivity index (χ3v) is 8.26. The van der Waals surface area contributed by atoms with Crippen LogP contribution in [0, 0.1) is 11.7 Å². The number of carboxylic acids is 1. The van der Waals surface area contributed by atoms with E-state index >= 15 is 4.39 Å². The van der Waals surface area contributed by atoms with E-state index < -0.39 is 11.8 Å². The van der Waals surface area contributed by atoms with Gasteiger partial charge in [0.2, 0.25) is 0 Å². The molecule has 0 aliphatic heterocycles. The number of thiophene rings is 2. The molecule has 4 aromatic rings. The van der Waals surface area contributed by atoms with Gasteiger partial charge in [-0.3, -0.25) is 14.4 Å². The van der Waals surface area contributed by atoms with Crippen molar-refractivity contribution in [2.45, 2.75) is 39.5 Å². The second-order valence-electron chi connectivity index (χ2n) is 9.60. The second kappa shape index (κ2) is 12.6. The minimum Gasteiger partial charge on any atom is -0.504 e. The van der Waals surface area contributed by atoms with Crippen LogP contribution in [0.1, 0.15) is 58.9 Å². The molecule has 2 aromatic carbocycles. The molecule has 212 valence electrons. The number of rotatable bonds is 14. The molecule has 0 saturated heterocycles. The van der Waals surface area contributed by atoms with E-state index in [0.717, 1.165) is 0 Å². The predicted octanol–water partition coefficient (Wildman–Crippen LogP) is 7.09. The Morgan fingerprint density at radius 1 is 0.900 bits per heavy atom. The van der Waals surface area contributed by atoms with Crippen LogP contribution in [0.15, 0.2) is 30.3 Å². The number of ether oxygens (including phenoxy) is 3. The molecule has 0 amide bonds. The molecule has 0 saturated carbocycles. The van der Waals surface area contributed by atoms with Crippen LogP contribution in [0.3, 0.4) is 0 Å². The van der Waals surface area contributed by atoms with Gasteiger partial charge in [0.1, 0.15) is 0 Å². The number of carbonyl (C=O) groups excluding carboxylic acids is 2. The number of fused-ring (bicyclic) bond motifs is 2. The first kappa shape index (κ1) is 29.3. The smallest absolute Gasteiger partial charge is 0.303 e. The highest BCUT2D eigenvalue weighted by Gasteiger charge is 2.21. The summed E-state index contributed by atoms with van der Waals surface area (Å²) in [4.78, 5) is 36.4. The SMILES string of the molecule is COc1cc2sc(C(=O)CC(C)C)cc2c(F)c1OCCCOc1cc2cc(C(=O)CCC(=O)O)sc2cc1O. The summed E-state index contributed by atoms with van der Waals surface area (Å²) in [5.74, 6) is -1.43. The van der Waals surface area contributed by atoms with Gasteiger partial charge in [0.25, 0.3) is 0 Å².